The highest BCUT2D eigenvalue weighted by atomic mass is 16.6. The number of carbonyl (C=O) groups excluding carboxylic acids is 1. The van der Waals surface area contributed by atoms with Crippen LogP contribution in [-0.2, 0) is 4.74 Å². The molecule has 0 aromatic heterocycles. The first-order chi connectivity index (χ1) is 10.2. The van der Waals surface area contributed by atoms with Crippen LogP contribution in [0, 0.1) is 6.92 Å². The smallest absolute Gasteiger partial charge is 0.407 e. The van der Waals surface area contributed by atoms with Gasteiger partial charge in [-0.3, -0.25) is 0 Å². The zero-order valence-electron chi connectivity index (χ0n) is 13.5. The third kappa shape index (κ3) is 6.47. The summed E-state index contributed by atoms with van der Waals surface area (Å²) in [5.74, 6) is -0.964. The first kappa shape index (κ1) is 17.8. The van der Waals surface area contributed by atoms with Gasteiger partial charge in [-0.2, -0.15) is 0 Å². The highest BCUT2D eigenvalue weighted by molar-refractivity contribution is 5.94. The van der Waals surface area contributed by atoms with Crippen molar-refractivity contribution in [2.75, 3.05) is 18.4 Å². The number of anilines is 1. The lowest BCUT2D eigenvalue weighted by molar-refractivity contribution is 0.0527. The molecule has 0 aliphatic heterocycles. The molecule has 0 fully saturated rings. The molecule has 1 aromatic rings. The van der Waals surface area contributed by atoms with Crippen LogP contribution in [0.5, 0.6) is 0 Å². The number of carbonyl (C=O) groups is 2. The molecular weight excluding hydrogens is 284 g/mol. The van der Waals surface area contributed by atoms with E-state index < -0.39 is 17.7 Å². The van der Waals surface area contributed by atoms with Gasteiger partial charge in [0.25, 0.3) is 0 Å². The predicted molar refractivity (Wildman–Crippen MR) is 85.5 cm³/mol. The minimum absolute atomic E-state index is 0.241. The Bertz CT molecular complexity index is 535. The number of nitrogens with one attached hydrogen (secondary N) is 2. The number of carboxylic acids is 1. The van der Waals surface area contributed by atoms with Crippen LogP contribution in [0.3, 0.4) is 0 Å². The lowest BCUT2D eigenvalue weighted by atomic mass is 10.1. The second kappa shape index (κ2) is 7.68. The third-order valence-electron chi connectivity index (χ3n) is 2.74. The van der Waals surface area contributed by atoms with E-state index in [1.807, 2.05) is 6.92 Å². The van der Waals surface area contributed by atoms with Gasteiger partial charge in [0.15, 0.2) is 0 Å². The molecule has 6 heteroatoms. The molecule has 122 valence electrons. The number of benzene rings is 1. The molecule has 6 nitrogen and oxygen atoms in total. The fourth-order valence-electron chi connectivity index (χ4n) is 1.81. The van der Waals surface area contributed by atoms with Crippen molar-refractivity contribution in [3.05, 3.63) is 29.3 Å². The number of ether oxygens (including phenoxy) is 1. The first-order valence-corrected chi connectivity index (χ1v) is 7.24. The normalized spacial score (nSPS) is 10.9. The number of amides is 1. The average molecular weight is 308 g/mol. The van der Waals surface area contributed by atoms with E-state index in [4.69, 9.17) is 9.84 Å². The Morgan fingerprint density at radius 3 is 2.50 bits per heavy atom. The molecule has 1 amide bonds. The minimum atomic E-state index is -0.964. The number of hydrogen-bond donors (Lipinski definition) is 3. The Hall–Kier alpha value is -2.24. The molecule has 22 heavy (non-hydrogen) atoms. The van der Waals surface area contributed by atoms with Crippen LogP contribution in [0.4, 0.5) is 10.5 Å². The molecule has 0 unspecified atom stereocenters. The van der Waals surface area contributed by atoms with Crippen LogP contribution >= 0.6 is 0 Å². The molecule has 0 aliphatic rings. The van der Waals surface area contributed by atoms with Gasteiger partial charge in [-0.25, -0.2) is 9.59 Å². The van der Waals surface area contributed by atoms with Gasteiger partial charge in [-0.15, -0.1) is 0 Å². The SMILES string of the molecule is Cc1ccc(C(=O)O)c(NCCCNC(=O)OC(C)(C)C)c1. The van der Waals surface area contributed by atoms with Crippen LogP contribution < -0.4 is 10.6 Å². The lowest BCUT2D eigenvalue weighted by Crippen LogP contribution is -2.33. The summed E-state index contributed by atoms with van der Waals surface area (Å²) in [6.07, 6.45) is 0.209. The summed E-state index contributed by atoms with van der Waals surface area (Å²) in [5, 5.41) is 14.9. The van der Waals surface area contributed by atoms with Crippen LogP contribution in [0.25, 0.3) is 0 Å². The van der Waals surface area contributed by atoms with Crippen LogP contribution in [0.2, 0.25) is 0 Å². The summed E-state index contributed by atoms with van der Waals surface area (Å²) < 4.78 is 5.12. The second-order valence-corrected chi connectivity index (χ2v) is 6.06. The maximum absolute atomic E-state index is 11.4. The van der Waals surface area contributed by atoms with Gasteiger partial charge < -0.3 is 20.5 Å². The van der Waals surface area contributed by atoms with Crippen molar-refractivity contribution in [2.45, 2.75) is 39.7 Å². The van der Waals surface area contributed by atoms with E-state index in [-0.39, 0.29) is 5.56 Å². The van der Waals surface area contributed by atoms with Crippen molar-refractivity contribution in [1.29, 1.82) is 0 Å². The molecule has 1 rings (SSSR count). The van der Waals surface area contributed by atoms with E-state index in [1.165, 1.54) is 0 Å². The van der Waals surface area contributed by atoms with Crippen molar-refractivity contribution in [3.8, 4) is 0 Å². The van der Waals surface area contributed by atoms with Gasteiger partial charge in [-0.05, 0) is 51.8 Å². The van der Waals surface area contributed by atoms with E-state index in [9.17, 15) is 9.59 Å². The van der Waals surface area contributed by atoms with E-state index >= 15 is 0 Å². The molecule has 1 aromatic carbocycles. The number of aryl methyl sites for hydroxylation is 1. The van der Waals surface area contributed by atoms with Gasteiger partial charge in [0, 0.05) is 18.8 Å². The van der Waals surface area contributed by atoms with E-state index in [0.29, 0.717) is 25.2 Å². The summed E-state index contributed by atoms with van der Waals surface area (Å²) in [4.78, 5) is 22.6. The summed E-state index contributed by atoms with van der Waals surface area (Å²) >= 11 is 0. The van der Waals surface area contributed by atoms with Gasteiger partial charge in [0.1, 0.15) is 5.60 Å². The lowest BCUT2D eigenvalue weighted by Gasteiger charge is -2.19. The molecule has 0 aliphatic carbocycles. The Morgan fingerprint density at radius 1 is 1.23 bits per heavy atom. The zero-order chi connectivity index (χ0) is 16.8. The van der Waals surface area contributed by atoms with Gasteiger partial charge in [0.05, 0.1) is 5.56 Å². The molecule has 3 N–H and O–H groups in total. The van der Waals surface area contributed by atoms with Gasteiger partial charge in [0.2, 0.25) is 0 Å². The number of rotatable bonds is 6. The monoisotopic (exact) mass is 308 g/mol. The molecule has 0 heterocycles. The maximum Gasteiger partial charge on any atom is 0.407 e. The molecule has 0 atom stereocenters. The Kier molecular flexibility index (Phi) is 6.22. The summed E-state index contributed by atoms with van der Waals surface area (Å²) in [7, 11) is 0. The number of aromatic carboxylic acids is 1. The second-order valence-electron chi connectivity index (χ2n) is 6.06. The Morgan fingerprint density at radius 2 is 1.91 bits per heavy atom. The molecule has 0 saturated carbocycles. The fourth-order valence-corrected chi connectivity index (χ4v) is 1.81. The van der Waals surface area contributed by atoms with E-state index in [0.717, 1.165) is 5.56 Å². The van der Waals surface area contributed by atoms with Gasteiger partial charge >= 0.3 is 12.1 Å². The van der Waals surface area contributed by atoms with Crippen LogP contribution in [-0.4, -0.2) is 35.9 Å². The van der Waals surface area contributed by atoms with Crippen LogP contribution in [0.1, 0.15) is 43.1 Å². The van der Waals surface area contributed by atoms with E-state index in [2.05, 4.69) is 10.6 Å². The third-order valence-corrected chi connectivity index (χ3v) is 2.74. The molecule has 0 saturated heterocycles. The highest BCUT2D eigenvalue weighted by Crippen LogP contribution is 2.17. The minimum Gasteiger partial charge on any atom is -0.478 e. The van der Waals surface area contributed by atoms with Crippen molar-refractivity contribution in [3.63, 3.8) is 0 Å². The first-order valence-electron chi connectivity index (χ1n) is 7.24. The molecule has 0 bridgehead atoms. The quantitative estimate of drug-likeness (QED) is 0.703. The average Bonchev–Trinajstić information content (AvgIpc) is 2.35. The maximum atomic E-state index is 11.4. The summed E-state index contributed by atoms with van der Waals surface area (Å²) in [6.45, 7) is 8.33. The van der Waals surface area contributed by atoms with E-state index in [1.54, 1.807) is 39.0 Å². The topological polar surface area (TPSA) is 87.7 Å². The van der Waals surface area contributed by atoms with Crippen molar-refractivity contribution in [2.24, 2.45) is 0 Å². The van der Waals surface area contributed by atoms with Gasteiger partial charge in [-0.1, -0.05) is 6.07 Å². The van der Waals surface area contributed by atoms with Crippen LogP contribution in [0.15, 0.2) is 18.2 Å². The standard InChI is InChI=1S/C16H24N2O4/c1-11-6-7-12(14(19)20)13(10-11)17-8-5-9-18-15(21)22-16(2,3)4/h6-7,10,17H,5,8-9H2,1-4H3,(H,18,21)(H,19,20). The van der Waals surface area contributed by atoms with Crippen molar-refractivity contribution < 1.29 is 19.4 Å². The molecular formula is C16H24N2O4. The number of carboxylic acid groups (broad SMARTS) is 1. The predicted octanol–water partition coefficient (Wildman–Crippen LogP) is 3.02. The fraction of sp³-hybridized carbons (Fsp3) is 0.500. The number of hydrogen-bond acceptors (Lipinski definition) is 4. The Balaban J connectivity index is 2.38. The molecule has 0 radical (unpaired) electrons. The molecule has 0 spiro atoms. The number of alkyl carbamates (subject to hydrolysis) is 1. The Labute approximate surface area is 130 Å². The summed E-state index contributed by atoms with van der Waals surface area (Å²) in [6, 6.07) is 5.14. The van der Waals surface area contributed by atoms with Crippen molar-refractivity contribution in [1.82, 2.24) is 5.32 Å². The largest absolute Gasteiger partial charge is 0.478 e. The highest BCUT2D eigenvalue weighted by Gasteiger charge is 2.15. The zero-order valence-corrected chi connectivity index (χ0v) is 13.5. The summed E-state index contributed by atoms with van der Waals surface area (Å²) in [5.41, 5.74) is 1.30. The van der Waals surface area contributed by atoms with Crippen molar-refractivity contribution >= 4 is 17.7 Å².